The molecule has 6 nitrogen and oxygen atoms in total. The van der Waals surface area contributed by atoms with E-state index in [1.807, 2.05) is 43.3 Å². The van der Waals surface area contributed by atoms with E-state index >= 15 is 0 Å². The second kappa shape index (κ2) is 8.45. The van der Waals surface area contributed by atoms with Crippen LogP contribution in [0.5, 0.6) is 5.75 Å². The van der Waals surface area contributed by atoms with Crippen LogP contribution < -0.4 is 20.4 Å². The van der Waals surface area contributed by atoms with E-state index in [9.17, 15) is 9.59 Å². The number of carbonyl (C=O) groups excluding carboxylic acids is 1. The lowest BCUT2D eigenvalue weighted by Gasteiger charge is -2.24. The highest BCUT2D eigenvalue weighted by molar-refractivity contribution is 5.91. The zero-order valence-electron chi connectivity index (χ0n) is 17.1. The average molecular weight is 404 g/mol. The lowest BCUT2D eigenvalue weighted by molar-refractivity contribution is -0.118. The van der Waals surface area contributed by atoms with E-state index < -0.39 is 0 Å². The van der Waals surface area contributed by atoms with Crippen LogP contribution >= 0.6 is 0 Å². The van der Waals surface area contributed by atoms with Crippen molar-refractivity contribution in [3.8, 4) is 5.75 Å². The number of rotatable bonds is 6. The Kier molecular flexibility index (Phi) is 5.57. The van der Waals surface area contributed by atoms with Crippen molar-refractivity contribution >= 4 is 17.3 Å². The number of anilines is 2. The number of para-hydroxylation sites is 1. The molecule has 1 aliphatic rings. The van der Waals surface area contributed by atoms with Gasteiger partial charge in [-0.2, -0.15) is 0 Å². The van der Waals surface area contributed by atoms with Crippen molar-refractivity contribution in [1.82, 2.24) is 0 Å². The normalized spacial score (nSPS) is 15.0. The summed E-state index contributed by atoms with van der Waals surface area (Å²) in [6.45, 7) is 4.36. The van der Waals surface area contributed by atoms with Gasteiger partial charge in [-0.1, -0.05) is 35.9 Å². The Labute approximate surface area is 175 Å². The van der Waals surface area contributed by atoms with Crippen molar-refractivity contribution in [2.45, 2.75) is 32.9 Å². The highest BCUT2D eigenvalue weighted by Crippen LogP contribution is 2.32. The molecule has 2 heterocycles. The molecule has 0 spiro atoms. The van der Waals surface area contributed by atoms with Gasteiger partial charge in [0.2, 0.25) is 11.2 Å². The number of amides is 1. The lowest BCUT2D eigenvalue weighted by Crippen LogP contribution is -2.29. The third-order valence-corrected chi connectivity index (χ3v) is 5.22. The maximum Gasteiger partial charge on any atom is 0.262 e. The lowest BCUT2D eigenvalue weighted by atomic mass is 10.1. The first-order chi connectivity index (χ1) is 14.5. The van der Waals surface area contributed by atoms with Crippen LogP contribution in [-0.2, 0) is 17.8 Å². The minimum atomic E-state index is -0.343. The van der Waals surface area contributed by atoms with Crippen LogP contribution in [0.4, 0.5) is 11.4 Å². The third kappa shape index (κ3) is 4.38. The molecule has 0 saturated carbocycles. The molecule has 0 unspecified atom stereocenters. The zero-order chi connectivity index (χ0) is 21.1. The fourth-order valence-corrected chi connectivity index (χ4v) is 3.64. The molecule has 1 N–H and O–H groups in total. The molecule has 6 heteroatoms. The van der Waals surface area contributed by atoms with E-state index in [2.05, 4.69) is 29.3 Å². The Morgan fingerprint density at radius 2 is 1.97 bits per heavy atom. The number of fused-ring (bicyclic) bond motifs is 1. The van der Waals surface area contributed by atoms with E-state index in [1.165, 1.54) is 23.6 Å². The molecule has 1 aliphatic heterocycles. The molecule has 0 fully saturated rings. The van der Waals surface area contributed by atoms with Gasteiger partial charge in [-0.25, -0.2) is 0 Å². The first-order valence-electron chi connectivity index (χ1n) is 9.95. The van der Waals surface area contributed by atoms with Gasteiger partial charge >= 0.3 is 0 Å². The monoisotopic (exact) mass is 404 g/mol. The molecule has 0 aliphatic carbocycles. The molecule has 0 saturated heterocycles. The molecular formula is C24H24N2O4. The molecule has 1 atom stereocenters. The first kappa shape index (κ1) is 19.8. The summed E-state index contributed by atoms with van der Waals surface area (Å²) in [5.74, 6) is 0.234. The number of ether oxygens (including phenoxy) is 1. The summed E-state index contributed by atoms with van der Waals surface area (Å²) in [4.78, 5) is 26.7. The van der Waals surface area contributed by atoms with Gasteiger partial charge in [0.05, 0.1) is 6.54 Å². The van der Waals surface area contributed by atoms with Crippen molar-refractivity contribution in [3.05, 3.63) is 88.0 Å². The van der Waals surface area contributed by atoms with Crippen LogP contribution in [-0.4, -0.2) is 18.6 Å². The highest BCUT2D eigenvalue weighted by Gasteiger charge is 2.26. The van der Waals surface area contributed by atoms with Crippen molar-refractivity contribution in [1.29, 1.82) is 0 Å². The Hall–Kier alpha value is -3.54. The molecular weight excluding hydrogens is 380 g/mol. The summed E-state index contributed by atoms with van der Waals surface area (Å²) >= 11 is 0. The Morgan fingerprint density at radius 3 is 2.73 bits per heavy atom. The van der Waals surface area contributed by atoms with Gasteiger partial charge in [0.15, 0.2) is 6.61 Å². The summed E-state index contributed by atoms with van der Waals surface area (Å²) in [6, 6.07) is 17.5. The van der Waals surface area contributed by atoms with E-state index in [4.69, 9.17) is 9.15 Å². The number of carbonyl (C=O) groups is 1. The second-order valence-electron chi connectivity index (χ2n) is 7.59. The van der Waals surface area contributed by atoms with E-state index in [0.717, 1.165) is 12.0 Å². The van der Waals surface area contributed by atoms with Crippen LogP contribution in [0, 0.1) is 6.92 Å². The molecule has 1 aromatic heterocycles. The number of hydrogen-bond donors (Lipinski definition) is 1. The summed E-state index contributed by atoms with van der Waals surface area (Å²) in [6.07, 6.45) is 2.25. The zero-order valence-corrected chi connectivity index (χ0v) is 17.1. The summed E-state index contributed by atoms with van der Waals surface area (Å²) in [7, 11) is 0. The minimum Gasteiger partial charge on any atom is -0.477 e. The van der Waals surface area contributed by atoms with Gasteiger partial charge in [-0.05, 0) is 44.0 Å². The van der Waals surface area contributed by atoms with E-state index in [-0.39, 0.29) is 23.7 Å². The largest absolute Gasteiger partial charge is 0.477 e. The predicted octanol–water partition coefficient (Wildman–Crippen LogP) is 3.92. The van der Waals surface area contributed by atoms with Crippen LogP contribution in [0.15, 0.2) is 70.1 Å². The molecule has 0 bridgehead atoms. The predicted molar refractivity (Wildman–Crippen MR) is 116 cm³/mol. The van der Waals surface area contributed by atoms with Crippen LogP contribution in [0.3, 0.4) is 0 Å². The average Bonchev–Trinajstić information content (AvgIpc) is 3.04. The summed E-state index contributed by atoms with van der Waals surface area (Å²) in [5, 5.41) is 2.73. The van der Waals surface area contributed by atoms with Crippen molar-refractivity contribution in [2.24, 2.45) is 0 Å². The van der Waals surface area contributed by atoms with Gasteiger partial charge in [0.1, 0.15) is 12.0 Å². The SMILES string of the molecule is Cc1ccc(NC(=O)COc2coc(CN3c4ccccc4C[C@H]3C)cc2=O)cc1. The molecule has 30 heavy (non-hydrogen) atoms. The van der Waals surface area contributed by atoms with Crippen LogP contribution in [0.1, 0.15) is 23.8 Å². The fraction of sp³-hybridized carbons (Fsp3) is 0.250. The molecule has 3 aromatic rings. The van der Waals surface area contributed by atoms with E-state index in [1.54, 1.807) is 0 Å². The number of aryl methyl sites for hydroxylation is 1. The van der Waals surface area contributed by atoms with Gasteiger partial charge in [0, 0.05) is 23.5 Å². The Bertz CT molecular complexity index is 1100. The Morgan fingerprint density at radius 1 is 1.20 bits per heavy atom. The van der Waals surface area contributed by atoms with Crippen LogP contribution in [0.25, 0.3) is 0 Å². The van der Waals surface area contributed by atoms with E-state index in [0.29, 0.717) is 24.0 Å². The number of hydrogen-bond acceptors (Lipinski definition) is 5. The van der Waals surface area contributed by atoms with Crippen molar-refractivity contribution < 1.29 is 13.9 Å². The second-order valence-corrected chi connectivity index (χ2v) is 7.59. The smallest absolute Gasteiger partial charge is 0.262 e. The minimum absolute atomic E-state index is 0.0210. The van der Waals surface area contributed by atoms with Crippen LogP contribution in [0.2, 0.25) is 0 Å². The molecule has 154 valence electrons. The molecule has 4 rings (SSSR count). The maximum absolute atomic E-state index is 12.4. The van der Waals surface area contributed by atoms with Gasteiger partial charge < -0.3 is 19.4 Å². The van der Waals surface area contributed by atoms with Crippen molar-refractivity contribution in [3.63, 3.8) is 0 Å². The number of benzene rings is 2. The maximum atomic E-state index is 12.4. The topological polar surface area (TPSA) is 71.8 Å². The third-order valence-electron chi connectivity index (χ3n) is 5.22. The summed E-state index contributed by atoms with van der Waals surface area (Å²) in [5.41, 5.74) is 3.94. The molecule has 2 aromatic carbocycles. The first-order valence-corrected chi connectivity index (χ1v) is 9.95. The van der Waals surface area contributed by atoms with Crippen molar-refractivity contribution in [2.75, 3.05) is 16.8 Å². The molecule has 1 amide bonds. The van der Waals surface area contributed by atoms with Gasteiger partial charge in [-0.15, -0.1) is 0 Å². The summed E-state index contributed by atoms with van der Waals surface area (Å²) < 4.78 is 11.0. The number of nitrogens with one attached hydrogen (secondary N) is 1. The molecule has 0 radical (unpaired) electrons. The quantitative estimate of drug-likeness (QED) is 0.674. The Balaban J connectivity index is 1.37. The van der Waals surface area contributed by atoms with Gasteiger partial charge in [0.25, 0.3) is 5.91 Å². The highest BCUT2D eigenvalue weighted by atomic mass is 16.5. The van der Waals surface area contributed by atoms with Gasteiger partial charge in [-0.3, -0.25) is 9.59 Å². The number of nitrogens with zero attached hydrogens (tertiary/aromatic N) is 1. The standard InChI is InChI=1S/C24H24N2O4/c1-16-7-9-19(10-8-16)25-24(28)15-30-23-14-29-20(12-22(23)27)13-26-17(2)11-18-5-3-4-6-21(18)26/h3-10,12,14,17H,11,13,15H2,1-2H3,(H,25,28)/t17-/m1/s1. The fourth-order valence-electron chi connectivity index (χ4n) is 3.64.